The van der Waals surface area contributed by atoms with Crippen molar-refractivity contribution in [1.29, 1.82) is 0 Å². The zero-order valence-corrected chi connectivity index (χ0v) is 20.0. The summed E-state index contributed by atoms with van der Waals surface area (Å²) in [5.74, 6) is 0. The molecule has 0 aliphatic heterocycles. The molecule has 4 aromatic rings. The highest BCUT2D eigenvalue weighted by molar-refractivity contribution is 7.99. The molecule has 0 aliphatic carbocycles. The van der Waals surface area contributed by atoms with Crippen LogP contribution in [-0.2, 0) is 9.84 Å². The Kier molecular flexibility index (Phi) is 7.10. The van der Waals surface area contributed by atoms with E-state index < -0.39 is 31.1 Å². The van der Waals surface area contributed by atoms with Gasteiger partial charge in [-0.3, -0.25) is 30.2 Å². The van der Waals surface area contributed by atoms with Gasteiger partial charge in [0.1, 0.15) is 0 Å². The average molecular weight is 527 g/mol. The lowest BCUT2D eigenvalue weighted by Gasteiger charge is -2.09. The minimum absolute atomic E-state index is 0.246. The second-order valence-corrected chi connectivity index (χ2v) is 11.0. The van der Waals surface area contributed by atoms with E-state index in [0.29, 0.717) is 9.79 Å². The summed E-state index contributed by atoms with van der Waals surface area (Å²) in [7, 11) is -4.28. The van der Waals surface area contributed by atoms with Gasteiger partial charge in [0.05, 0.1) is 29.4 Å². The van der Waals surface area contributed by atoms with Gasteiger partial charge >= 0.3 is 0 Å². The van der Waals surface area contributed by atoms with E-state index in [0.717, 1.165) is 35.7 Å². The Bertz CT molecular complexity index is 1410. The van der Waals surface area contributed by atoms with Crippen LogP contribution in [0.3, 0.4) is 0 Å². The highest BCUT2D eigenvalue weighted by atomic mass is 32.2. The predicted octanol–water partition coefficient (Wildman–Crippen LogP) is 5.43. The monoisotopic (exact) mass is 526 g/mol. The summed E-state index contributed by atoms with van der Waals surface area (Å²) in [6, 6.07) is 13.8. The number of nitro benzene ring substituents is 2. The van der Waals surface area contributed by atoms with Crippen LogP contribution in [0, 0.1) is 20.2 Å². The van der Waals surface area contributed by atoms with Gasteiger partial charge in [-0.2, -0.15) is 0 Å². The molecule has 0 atom stereocenters. The van der Waals surface area contributed by atoms with Gasteiger partial charge in [0.25, 0.3) is 11.4 Å². The molecule has 35 heavy (non-hydrogen) atoms. The summed E-state index contributed by atoms with van der Waals surface area (Å²) in [5.41, 5.74) is -0.792. The number of aromatic nitrogens is 2. The molecule has 0 N–H and O–H groups in total. The van der Waals surface area contributed by atoms with Crippen LogP contribution in [0.1, 0.15) is 0 Å². The summed E-state index contributed by atoms with van der Waals surface area (Å²) < 4.78 is 26.5. The normalized spacial score (nSPS) is 11.2. The van der Waals surface area contributed by atoms with E-state index in [4.69, 9.17) is 0 Å². The fourth-order valence-electron chi connectivity index (χ4n) is 2.99. The molecule has 0 aliphatic rings. The zero-order chi connectivity index (χ0) is 25.0. The minimum atomic E-state index is -4.28. The van der Waals surface area contributed by atoms with Crippen LogP contribution in [-0.4, -0.2) is 28.2 Å². The van der Waals surface area contributed by atoms with E-state index in [1.165, 1.54) is 49.1 Å². The van der Waals surface area contributed by atoms with Crippen molar-refractivity contribution in [2.24, 2.45) is 0 Å². The van der Waals surface area contributed by atoms with E-state index in [-0.39, 0.29) is 19.6 Å². The smallest absolute Gasteiger partial charge is 0.265 e. The second-order valence-electron chi connectivity index (χ2n) is 6.85. The third-order valence-corrected chi connectivity index (χ3v) is 8.52. The van der Waals surface area contributed by atoms with Crippen molar-refractivity contribution in [2.75, 3.05) is 0 Å². The summed E-state index contributed by atoms with van der Waals surface area (Å²) in [6.45, 7) is 0. The molecule has 2 heterocycles. The molecule has 2 aromatic carbocycles. The Hall–Kier alpha value is -3.81. The molecule has 0 saturated heterocycles. The van der Waals surface area contributed by atoms with E-state index in [1.807, 2.05) is 0 Å². The molecule has 0 saturated carbocycles. The fourth-order valence-corrected chi connectivity index (χ4v) is 6.06. The third-order valence-electron chi connectivity index (χ3n) is 4.63. The van der Waals surface area contributed by atoms with Crippen LogP contribution in [0.2, 0.25) is 0 Å². The molecule has 0 bridgehead atoms. The van der Waals surface area contributed by atoms with Crippen LogP contribution < -0.4 is 0 Å². The van der Waals surface area contributed by atoms with Crippen LogP contribution in [0.15, 0.2) is 115 Å². The van der Waals surface area contributed by atoms with Crippen LogP contribution in [0.4, 0.5) is 11.4 Å². The Labute approximate surface area is 207 Å². The minimum Gasteiger partial charge on any atom is -0.265 e. The van der Waals surface area contributed by atoms with Crippen molar-refractivity contribution in [3.63, 3.8) is 0 Å². The van der Waals surface area contributed by atoms with Gasteiger partial charge in [0, 0.05) is 46.7 Å². The topological polar surface area (TPSA) is 146 Å². The van der Waals surface area contributed by atoms with Crippen molar-refractivity contribution in [3.8, 4) is 0 Å². The van der Waals surface area contributed by atoms with Gasteiger partial charge in [0.15, 0.2) is 0 Å². The first kappa shape index (κ1) is 24.3. The van der Waals surface area contributed by atoms with Gasteiger partial charge in [-0.1, -0.05) is 23.5 Å². The molecule has 176 valence electrons. The number of sulfone groups is 1. The SMILES string of the molecule is O=[N+]([O-])c1cc(S(=O)(=O)c2ccc(Sc3ccncc3)c([N+](=O)[O-])c2)ccc1Sc1ccncc1. The Balaban J connectivity index is 1.72. The quantitative estimate of drug-likeness (QED) is 0.215. The molecule has 4 rings (SSSR count). The van der Waals surface area contributed by atoms with Crippen LogP contribution in [0.5, 0.6) is 0 Å². The lowest BCUT2D eigenvalue weighted by molar-refractivity contribution is -0.388. The maximum Gasteiger partial charge on any atom is 0.284 e. The first-order valence-electron chi connectivity index (χ1n) is 9.73. The molecule has 2 aromatic heterocycles. The van der Waals surface area contributed by atoms with E-state index in [2.05, 4.69) is 9.97 Å². The van der Waals surface area contributed by atoms with Crippen molar-refractivity contribution in [1.82, 2.24) is 9.97 Å². The largest absolute Gasteiger partial charge is 0.284 e. The number of hydrogen-bond donors (Lipinski definition) is 0. The zero-order valence-electron chi connectivity index (χ0n) is 17.5. The van der Waals surface area contributed by atoms with Gasteiger partial charge < -0.3 is 0 Å². The fraction of sp³-hybridized carbons (Fsp3) is 0. The lowest BCUT2D eigenvalue weighted by atomic mass is 10.3. The molecule has 0 spiro atoms. The van der Waals surface area contributed by atoms with Crippen LogP contribution in [0.25, 0.3) is 0 Å². The van der Waals surface area contributed by atoms with E-state index in [1.54, 1.807) is 24.3 Å². The first-order chi connectivity index (χ1) is 16.8. The Morgan fingerprint density at radius 1 is 0.629 bits per heavy atom. The lowest BCUT2D eigenvalue weighted by Crippen LogP contribution is -2.05. The molecule has 10 nitrogen and oxygen atoms in total. The number of pyridine rings is 2. The van der Waals surface area contributed by atoms with Crippen molar-refractivity contribution in [2.45, 2.75) is 29.4 Å². The maximum absolute atomic E-state index is 13.2. The number of nitro groups is 2. The summed E-state index contributed by atoms with van der Waals surface area (Å²) in [6.07, 6.45) is 6.15. The average Bonchev–Trinajstić information content (AvgIpc) is 2.85. The summed E-state index contributed by atoms with van der Waals surface area (Å²) >= 11 is 2.19. The van der Waals surface area contributed by atoms with Gasteiger partial charge in [-0.25, -0.2) is 8.42 Å². The van der Waals surface area contributed by atoms with E-state index >= 15 is 0 Å². The highest BCUT2D eigenvalue weighted by Gasteiger charge is 2.27. The molecule has 0 fully saturated rings. The molecular weight excluding hydrogens is 512 g/mol. The Morgan fingerprint density at radius 3 is 1.34 bits per heavy atom. The Morgan fingerprint density at radius 2 is 1.00 bits per heavy atom. The van der Waals surface area contributed by atoms with Gasteiger partial charge in [0.2, 0.25) is 9.84 Å². The summed E-state index contributed by atoms with van der Waals surface area (Å²) in [4.78, 5) is 31.0. The highest BCUT2D eigenvalue weighted by Crippen LogP contribution is 2.39. The first-order valence-corrected chi connectivity index (χ1v) is 12.8. The van der Waals surface area contributed by atoms with Crippen molar-refractivity contribution in [3.05, 3.63) is 106 Å². The molecule has 0 unspecified atom stereocenters. The molecule has 0 radical (unpaired) electrons. The number of benzene rings is 2. The standard InChI is InChI=1S/C22H14N4O6S3/c27-25(28)19-13-17(1-3-21(19)33-15-5-9-23-10-6-15)35(31,32)18-2-4-22(20(14-18)26(29)30)34-16-7-11-24-12-8-16/h1-14H. The molecule has 0 amide bonds. The molecular formula is C22H14N4O6S3. The number of hydrogen-bond acceptors (Lipinski definition) is 10. The van der Waals surface area contributed by atoms with Gasteiger partial charge in [-0.15, -0.1) is 0 Å². The number of rotatable bonds is 8. The number of nitrogens with zero attached hydrogens (tertiary/aromatic N) is 4. The van der Waals surface area contributed by atoms with Gasteiger partial charge in [-0.05, 0) is 48.5 Å². The second kappa shape index (κ2) is 10.2. The maximum atomic E-state index is 13.2. The van der Waals surface area contributed by atoms with Crippen molar-refractivity contribution < 1.29 is 18.3 Å². The predicted molar refractivity (Wildman–Crippen MR) is 128 cm³/mol. The third kappa shape index (κ3) is 5.48. The summed E-state index contributed by atoms with van der Waals surface area (Å²) in [5, 5.41) is 23.4. The molecule has 13 heteroatoms. The van der Waals surface area contributed by atoms with E-state index in [9.17, 15) is 28.6 Å². The van der Waals surface area contributed by atoms with Crippen LogP contribution >= 0.6 is 23.5 Å². The van der Waals surface area contributed by atoms with Crippen molar-refractivity contribution >= 4 is 44.7 Å².